The average molecular weight is 342 g/mol. The second-order valence-corrected chi connectivity index (χ2v) is 5.37. The van der Waals surface area contributed by atoms with Crippen LogP contribution in [0, 0.1) is 10.1 Å². The molecule has 3 rings (SSSR count). The largest absolute Gasteiger partial charge is 0.394 e. The summed E-state index contributed by atoms with van der Waals surface area (Å²) in [5.74, 6) is 0. The van der Waals surface area contributed by atoms with Crippen LogP contribution in [0.25, 0.3) is 10.9 Å². The van der Waals surface area contributed by atoms with Crippen LogP contribution >= 0.6 is 0 Å². The van der Waals surface area contributed by atoms with Crippen molar-refractivity contribution >= 4 is 22.3 Å². The van der Waals surface area contributed by atoms with E-state index in [4.69, 9.17) is 0 Å². The van der Waals surface area contributed by atoms with E-state index in [1.807, 2.05) is 6.07 Å². The van der Waals surface area contributed by atoms with Gasteiger partial charge in [-0.3, -0.25) is 19.9 Å². The molecule has 0 spiro atoms. The number of nitrogens with one attached hydrogen (secondary N) is 3. The molecule has 0 saturated heterocycles. The van der Waals surface area contributed by atoms with E-state index < -0.39 is 22.2 Å². The Morgan fingerprint density at radius 1 is 1.16 bits per heavy atom. The van der Waals surface area contributed by atoms with Crippen molar-refractivity contribution in [2.24, 2.45) is 0 Å². The standard InChI is InChI=1S/C16H14N4O5/c21-8-13(9-4-2-1-3-5-9)17-12-6-10-11(7-14(12)20(24)25)18-16(23)19-15(10)22/h1-7,13,17,21H,8H2,(H2,18,19,22,23)/t13-/m1/s1. The number of hydrogen-bond acceptors (Lipinski definition) is 6. The number of aliphatic hydroxyl groups is 1. The maximum absolute atomic E-state index is 11.9. The van der Waals surface area contributed by atoms with Gasteiger partial charge in [-0.2, -0.15) is 0 Å². The van der Waals surface area contributed by atoms with E-state index in [1.54, 1.807) is 24.3 Å². The molecule has 0 aliphatic rings. The molecule has 0 amide bonds. The minimum Gasteiger partial charge on any atom is -0.394 e. The molecule has 0 fully saturated rings. The lowest BCUT2D eigenvalue weighted by molar-refractivity contribution is -0.383. The van der Waals surface area contributed by atoms with E-state index in [0.29, 0.717) is 0 Å². The lowest BCUT2D eigenvalue weighted by atomic mass is 10.1. The number of rotatable bonds is 5. The van der Waals surface area contributed by atoms with Crippen LogP contribution in [0.15, 0.2) is 52.1 Å². The Bertz CT molecular complexity index is 1040. The number of fused-ring (bicyclic) bond motifs is 1. The fourth-order valence-electron chi connectivity index (χ4n) is 2.58. The number of aromatic amines is 2. The molecule has 0 saturated carbocycles. The summed E-state index contributed by atoms with van der Waals surface area (Å²) < 4.78 is 0. The first-order valence-corrected chi connectivity index (χ1v) is 7.36. The van der Waals surface area contributed by atoms with Crippen LogP contribution in [0.4, 0.5) is 11.4 Å². The molecule has 1 heterocycles. The Balaban J connectivity index is 2.14. The van der Waals surface area contributed by atoms with Crippen molar-refractivity contribution in [1.29, 1.82) is 0 Å². The van der Waals surface area contributed by atoms with Gasteiger partial charge in [0.2, 0.25) is 0 Å². The zero-order valence-electron chi connectivity index (χ0n) is 12.9. The quantitative estimate of drug-likeness (QED) is 0.406. The molecule has 1 atom stereocenters. The van der Waals surface area contributed by atoms with E-state index in [1.165, 1.54) is 6.07 Å². The van der Waals surface area contributed by atoms with Gasteiger partial charge in [-0.05, 0) is 11.6 Å². The average Bonchev–Trinajstić information content (AvgIpc) is 2.60. The Kier molecular flexibility index (Phi) is 4.31. The van der Waals surface area contributed by atoms with E-state index in [2.05, 4.69) is 15.3 Å². The topological polar surface area (TPSA) is 141 Å². The van der Waals surface area contributed by atoms with Crippen molar-refractivity contribution < 1.29 is 10.0 Å². The van der Waals surface area contributed by atoms with Gasteiger partial charge in [-0.15, -0.1) is 0 Å². The van der Waals surface area contributed by atoms with Crippen molar-refractivity contribution in [2.45, 2.75) is 6.04 Å². The Hall–Kier alpha value is -3.46. The molecule has 4 N–H and O–H groups in total. The van der Waals surface area contributed by atoms with Gasteiger partial charge in [0.15, 0.2) is 0 Å². The number of anilines is 1. The fourth-order valence-corrected chi connectivity index (χ4v) is 2.58. The highest BCUT2D eigenvalue weighted by Crippen LogP contribution is 2.30. The molecular weight excluding hydrogens is 328 g/mol. The highest BCUT2D eigenvalue weighted by molar-refractivity contribution is 5.86. The third-order valence-electron chi connectivity index (χ3n) is 3.77. The maximum Gasteiger partial charge on any atom is 0.326 e. The lowest BCUT2D eigenvalue weighted by Gasteiger charge is -2.18. The number of aromatic nitrogens is 2. The first kappa shape index (κ1) is 16.4. The molecule has 0 bridgehead atoms. The van der Waals surface area contributed by atoms with Crippen molar-refractivity contribution in [1.82, 2.24) is 9.97 Å². The molecule has 0 radical (unpaired) electrons. The van der Waals surface area contributed by atoms with Crippen molar-refractivity contribution in [3.63, 3.8) is 0 Å². The second kappa shape index (κ2) is 6.57. The summed E-state index contributed by atoms with van der Waals surface area (Å²) in [6.07, 6.45) is 0. The van der Waals surface area contributed by atoms with Crippen molar-refractivity contribution in [3.8, 4) is 0 Å². The Labute approximate surface area is 140 Å². The number of H-pyrrole nitrogens is 2. The Morgan fingerprint density at radius 2 is 1.88 bits per heavy atom. The molecule has 2 aromatic carbocycles. The molecule has 3 aromatic rings. The third kappa shape index (κ3) is 3.26. The molecular formula is C16H14N4O5. The summed E-state index contributed by atoms with van der Waals surface area (Å²) in [6, 6.07) is 10.7. The minimum atomic E-state index is -0.745. The molecule has 0 aliphatic carbocycles. The summed E-state index contributed by atoms with van der Waals surface area (Å²) in [5, 5.41) is 24.0. The number of nitro groups is 1. The Morgan fingerprint density at radius 3 is 2.52 bits per heavy atom. The molecule has 9 nitrogen and oxygen atoms in total. The summed E-state index contributed by atoms with van der Waals surface area (Å²) in [5.41, 5.74) is -0.857. The molecule has 128 valence electrons. The summed E-state index contributed by atoms with van der Waals surface area (Å²) in [6.45, 7) is -0.304. The van der Waals surface area contributed by atoms with Gasteiger partial charge >= 0.3 is 5.69 Å². The zero-order chi connectivity index (χ0) is 18.0. The summed E-state index contributed by atoms with van der Waals surface area (Å²) in [7, 11) is 0. The minimum absolute atomic E-state index is 0.0614. The van der Waals surface area contributed by atoms with Gasteiger partial charge in [0.1, 0.15) is 5.69 Å². The first-order valence-electron chi connectivity index (χ1n) is 7.36. The van der Waals surface area contributed by atoms with Crippen LogP contribution in [-0.4, -0.2) is 26.6 Å². The number of hydrogen-bond donors (Lipinski definition) is 4. The van der Waals surface area contributed by atoms with E-state index in [-0.39, 0.29) is 28.9 Å². The number of nitro benzene ring substituents is 1. The van der Waals surface area contributed by atoms with E-state index in [9.17, 15) is 24.8 Å². The summed E-state index contributed by atoms with van der Waals surface area (Å²) >= 11 is 0. The van der Waals surface area contributed by atoms with Crippen LogP contribution in [-0.2, 0) is 0 Å². The molecule has 9 heteroatoms. The van der Waals surface area contributed by atoms with Gasteiger partial charge in [-0.1, -0.05) is 30.3 Å². The van der Waals surface area contributed by atoms with Crippen LogP contribution < -0.4 is 16.6 Å². The van der Waals surface area contributed by atoms with Crippen LogP contribution in [0.2, 0.25) is 0 Å². The maximum atomic E-state index is 11.9. The van der Waals surface area contributed by atoms with Crippen molar-refractivity contribution in [2.75, 3.05) is 11.9 Å². The van der Waals surface area contributed by atoms with Crippen LogP contribution in [0.3, 0.4) is 0 Å². The number of benzene rings is 2. The second-order valence-electron chi connectivity index (χ2n) is 5.37. The smallest absolute Gasteiger partial charge is 0.326 e. The van der Waals surface area contributed by atoms with E-state index >= 15 is 0 Å². The predicted octanol–water partition coefficient (Wildman–Crippen LogP) is 1.27. The lowest BCUT2D eigenvalue weighted by Crippen LogP contribution is -2.22. The highest BCUT2D eigenvalue weighted by Gasteiger charge is 2.20. The molecule has 1 aromatic heterocycles. The molecule has 0 unspecified atom stereocenters. The first-order chi connectivity index (χ1) is 12.0. The highest BCUT2D eigenvalue weighted by atomic mass is 16.6. The molecule has 0 aliphatic heterocycles. The van der Waals surface area contributed by atoms with Gasteiger partial charge in [0, 0.05) is 6.07 Å². The van der Waals surface area contributed by atoms with Crippen LogP contribution in [0.5, 0.6) is 0 Å². The van der Waals surface area contributed by atoms with Gasteiger partial charge in [-0.25, -0.2) is 4.79 Å². The predicted molar refractivity (Wildman–Crippen MR) is 91.7 cm³/mol. The number of aliphatic hydroxyl groups excluding tert-OH is 1. The SMILES string of the molecule is O=c1[nH]c(=O)c2cc(N[C@H](CO)c3ccccc3)c([N+](=O)[O-])cc2[nH]1. The van der Waals surface area contributed by atoms with Gasteiger partial charge in [0.05, 0.1) is 28.5 Å². The normalized spacial score (nSPS) is 12.0. The molecule has 25 heavy (non-hydrogen) atoms. The van der Waals surface area contributed by atoms with Gasteiger partial charge < -0.3 is 15.4 Å². The number of nitrogens with zero attached hydrogens (tertiary/aromatic N) is 1. The summed E-state index contributed by atoms with van der Waals surface area (Å²) in [4.78, 5) is 38.5. The van der Waals surface area contributed by atoms with E-state index in [0.717, 1.165) is 11.6 Å². The monoisotopic (exact) mass is 342 g/mol. The third-order valence-corrected chi connectivity index (χ3v) is 3.77. The van der Waals surface area contributed by atoms with Gasteiger partial charge in [0.25, 0.3) is 11.2 Å². The zero-order valence-corrected chi connectivity index (χ0v) is 12.9. The fraction of sp³-hybridized carbons (Fsp3) is 0.125. The van der Waals surface area contributed by atoms with Crippen LogP contribution in [0.1, 0.15) is 11.6 Å². The van der Waals surface area contributed by atoms with Crippen molar-refractivity contribution in [3.05, 3.63) is 79.0 Å².